The molecule has 3 heterocycles. The number of hydrogen-bond acceptors (Lipinski definition) is 5. The van der Waals surface area contributed by atoms with Gasteiger partial charge in [0.15, 0.2) is 0 Å². The lowest BCUT2D eigenvalue weighted by atomic mass is 9.93. The van der Waals surface area contributed by atoms with Crippen molar-refractivity contribution < 1.29 is 14.3 Å². The number of hydrogen-bond donors (Lipinski definition) is 0. The quantitative estimate of drug-likeness (QED) is 0.763. The molecule has 1 amide bonds. The summed E-state index contributed by atoms with van der Waals surface area (Å²) < 4.78 is 5.06. The van der Waals surface area contributed by atoms with Crippen LogP contribution in [0.25, 0.3) is 0 Å². The van der Waals surface area contributed by atoms with Crippen LogP contribution in [0.2, 0.25) is 0 Å². The van der Waals surface area contributed by atoms with Gasteiger partial charge in [0.25, 0.3) is 0 Å². The molecule has 146 valence electrons. The summed E-state index contributed by atoms with van der Waals surface area (Å²) in [6.07, 6.45) is 2.47. The van der Waals surface area contributed by atoms with Crippen molar-refractivity contribution in [2.45, 2.75) is 32.0 Å². The predicted octanol–water partition coefficient (Wildman–Crippen LogP) is 2.34. The summed E-state index contributed by atoms with van der Waals surface area (Å²) in [5, 5.41) is 0. The molecule has 4 rings (SSSR count). The smallest absolute Gasteiger partial charge is 0.311 e. The Balaban J connectivity index is 1.57. The Hall–Kier alpha value is -2.73. The maximum absolute atomic E-state index is 13.1. The molecule has 28 heavy (non-hydrogen) atoms. The van der Waals surface area contributed by atoms with Gasteiger partial charge in [-0.05, 0) is 30.5 Å². The Morgan fingerprint density at radius 2 is 2.00 bits per heavy atom. The third-order valence-electron chi connectivity index (χ3n) is 5.72. The van der Waals surface area contributed by atoms with Crippen LogP contribution in [0.3, 0.4) is 0 Å². The average Bonchev–Trinajstić information content (AvgIpc) is 3.10. The highest BCUT2D eigenvalue weighted by Crippen LogP contribution is 2.43. The van der Waals surface area contributed by atoms with Crippen LogP contribution in [0.4, 0.5) is 0 Å². The number of fused-ring (bicyclic) bond motifs is 1. The number of ether oxygens (including phenoxy) is 1. The molecular weight excluding hydrogens is 354 g/mol. The van der Waals surface area contributed by atoms with Crippen molar-refractivity contribution in [3.05, 3.63) is 65.5 Å². The monoisotopic (exact) mass is 379 g/mol. The summed E-state index contributed by atoms with van der Waals surface area (Å²) in [6.45, 7) is 3.71. The zero-order valence-corrected chi connectivity index (χ0v) is 16.2. The highest BCUT2D eigenvalue weighted by molar-refractivity contribution is 5.83. The van der Waals surface area contributed by atoms with Gasteiger partial charge in [-0.25, -0.2) is 0 Å². The molecule has 2 aliphatic rings. The third-order valence-corrected chi connectivity index (χ3v) is 5.72. The SMILES string of the molecule is COC(=O)[C@H]1C[C@H]2CN(Cc3ccc(C)cn3)CC(=O)N2[C@H]1c1ccccc1. The van der Waals surface area contributed by atoms with Crippen molar-refractivity contribution in [3.8, 4) is 0 Å². The molecular formula is C22H25N3O3. The van der Waals surface area contributed by atoms with E-state index in [1.54, 1.807) is 0 Å². The Bertz CT molecular complexity index is 853. The summed E-state index contributed by atoms with van der Waals surface area (Å²) in [5.74, 6) is -0.523. The lowest BCUT2D eigenvalue weighted by Gasteiger charge is -2.40. The van der Waals surface area contributed by atoms with E-state index in [4.69, 9.17) is 4.74 Å². The Morgan fingerprint density at radius 1 is 1.21 bits per heavy atom. The largest absolute Gasteiger partial charge is 0.469 e. The molecule has 0 spiro atoms. The summed E-state index contributed by atoms with van der Waals surface area (Å²) in [6, 6.07) is 13.6. The Morgan fingerprint density at radius 3 is 2.68 bits per heavy atom. The van der Waals surface area contributed by atoms with E-state index in [0.717, 1.165) is 23.4 Å². The van der Waals surface area contributed by atoms with E-state index >= 15 is 0 Å². The van der Waals surface area contributed by atoms with Gasteiger partial charge in [-0.2, -0.15) is 0 Å². The van der Waals surface area contributed by atoms with Gasteiger partial charge in [-0.1, -0.05) is 36.4 Å². The van der Waals surface area contributed by atoms with Crippen LogP contribution in [-0.2, 0) is 20.9 Å². The molecule has 6 heteroatoms. The van der Waals surface area contributed by atoms with Crippen LogP contribution < -0.4 is 0 Å². The van der Waals surface area contributed by atoms with Crippen molar-refractivity contribution in [2.75, 3.05) is 20.2 Å². The molecule has 2 aliphatic heterocycles. The van der Waals surface area contributed by atoms with Gasteiger partial charge in [-0.15, -0.1) is 0 Å². The molecule has 0 bridgehead atoms. The number of aromatic nitrogens is 1. The Kier molecular flexibility index (Phi) is 5.13. The van der Waals surface area contributed by atoms with Crippen LogP contribution in [0.1, 0.15) is 29.3 Å². The van der Waals surface area contributed by atoms with Crippen LogP contribution in [-0.4, -0.2) is 52.9 Å². The number of amides is 1. The number of carbonyl (C=O) groups is 2. The van der Waals surface area contributed by atoms with Crippen LogP contribution in [0, 0.1) is 12.8 Å². The maximum atomic E-state index is 13.1. The number of esters is 1. The first-order valence-electron chi connectivity index (χ1n) is 9.64. The average molecular weight is 379 g/mol. The molecule has 6 nitrogen and oxygen atoms in total. The van der Waals surface area contributed by atoms with E-state index in [9.17, 15) is 9.59 Å². The summed E-state index contributed by atoms with van der Waals surface area (Å²) in [7, 11) is 1.42. The molecule has 1 aromatic heterocycles. The standard InChI is InChI=1S/C22H25N3O3/c1-15-8-9-17(23-11-15)12-24-13-18-10-19(22(27)28-2)21(25(18)20(26)14-24)16-6-4-3-5-7-16/h3-9,11,18-19,21H,10,12-14H2,1-2H3/t18-,19-,21-/m0/s1. The van der Waals surface area contributed by atoms with Gasteiger partial charge in [0.2, 0.25) is 5.91 Å². The molecule has 0 saturated carbocycles. The van der Waals surface area contributed by atoms with E-state index in [1.165, 1.54) is 7.11 Å². The van der Waals surface area contributed by atoms with Gasteiger partial charge in [0.1, 0.15) is 0 Å². The van der Waals surface area contributed by atoms with E-state index in [2.05, 4.69) is 9.88 Å². The first-order chi connectivity index (χ1) is 13.6. The van der Waals surface area contributed by atoms with Crippen molar-refractivity contribution >= 4 is 11.9 Å². The van der Waals surface area contributed by atoms with Crippen molar-refractivity contribution in [1.29, 1.82) is 0 Å². The number of benzene rings is 1. The number of pyridine rings is 1. The second-order valence-electron chi connectivity index (χ2n) is 7.67. The van der Waals surface area contributed by atoms with Crippen molar-refractivity contribution in [2.24, 2.45) is 5.92 Å². The van der Waals surface area contributed by atoms with Gasteiger partial charge in [-0.3, -0.25) is 19.5 Å². The van der Waals surface area contributed by atoms with Crippen molar-refractivity contribution in [3.63, 3.8) is 0 Å². The first-order valence-corrected chi connectivity index (χ1v) is 9.64. The number of piperazine rings is 1. The molecule has 2 aromatic rings. The molecule has 0 unspecified atom stereocenters. The molecule has 0 radical (unpaired) electrons. The highest BCUT2D eigenvalue weighted by atomic mass is 16.5. The highest BCUT2D eigenvalue weighted by Gasteiger charge is 2.50. The second-order valence-corrected chi connectivity index (χ2v) is 7.67. The minimum atomic E-state index is -0.334. The molecule has 2 saturated heterocycles. The minimum Gasteiger partial charge on any atom is -0.469 e. The molecule has 1 aromatic carbocycles. The van der Waals surface area contributed by atoms with Crippen LogP contribution >= 0.6 is 0 Å². The molecule has 3 atom stereocenters. The lowest BCUT2D eigenvalue weighted by molar-refractivity contribution is -0.147. The van der Waals surface area contributed by atoms with Gasteiger partial charge >= 0.3 is 5.97 Å². The minimum absolute atomic E-state index is 0.000930. The lowest BCUT2D eigenvalue weighted by Crippen LogP contribution is -2.54. The molecule has 0 N–H and O–H groups in total. The van der Waals surface area contributed by atoms with Crippen LogP contribution in [0.15, 0.2) is 48.7 Å². The fraction of sp³-hybridized carbons (Fsp3) is 0.409. The Labute approximate surface area is 165 Å². The zero-order valence-electron chi connectivity index (χ0n) is 16.2. The maximum Gasteiger partial charge on any atom is 0.311 e. The van der Waals surface area contributed by atoms with Gasteiger partial charge in [0, 0.05) is 25.3 Å². The van der Waals surface area contributed by atoms with E-state index in [-0.39, 0.29) is 29.9 Å². The number of rotatable bonds is 4. The predicted molar refractivity (Wildman–Crippen MR) is 104 cm³/mol. The topological polar surface area (TPSA) is 62.7 Å². The fourth-order valence-electron chi connectivity index (χ4n) is 4.47. The first kappa shape index (κ1) is 18.6. The number of carbonyl (C=O) groups excluding carboxylic acids is 2. The normalized spacial score (nSPS) is 24.9. The third kappa shape index (κ3) is 3.52. The number of methoxy groups -OCH3 is 1. The van der Waals surface area contributed by atoms with Gasteiger partial charge in [0.05, 0.1) is 31.3 Å². The summed E-state index contributed by atoms with van der Waals surface area (Å²) in [5.41, 5.74) is 3.06. The number of aryl methyl sites for hydroxylation is 1. The van der Waals surface area contributed by atoms with Crippen molar-refractivity contribution in [1.82, 2.24) is 14.8 Å². The van der Waals surface area contributed by atoms with E-state index < -0.39 is 0 Å². The van der Waals surface area contributed by atoms with E-state index in [1.807, 2.05) is 60.5 Å². The zero-order chi connectivity index (χ0) is 19.7. The molecule has 2 fully saturated rings. The summed E-state index contributed by atoms with van der Waals surface area (Å²) in [4.78, 5) is 34.1. The second kappa shape index (κ2) is 7.72. The van der Waals surface area contributed by atoms with Crippen LogP contribution in [0.5, 0.6) is 0 Å². The van der Waals surface area contributed by atoms with E-state index in [0.29, 0.717) is 19.5 Å². The van der Waals surface area contributed by atoms with Gasteiger partial charge < -0.3 is 9.64 Å². The molecule has 0 aliphatic carbocycles. The number of nitrogens with zero attached hydrogens (tertiary/aromatic N) is 3. The fourth-order valence-corrected chi connectivity index (χ4v) is 4.47. The summed E-state index contributed by atoms with van der Waals surface area (Å²) >= 11 is 0.